The minimum Gasteiger partial charge on any atom is -0.490 e. The highest BCUT2D eigenvalue weighted by atomic mass is 35.5. The Balaban J connectivity index is 0.00000191. The van der Waals surface area contributed by atoms with Gasteiger partial charge in [-0.1, -0.05) is 37.0 Å². The van der Waals surface area contributed by atoms with E-state index >= 15 is 0 Å². The summed E-state index contributed by atoms with van der Waals surface area (Å²) in [6, 6.07) is 4.96. The Morgan fingerprint density at radius 3 is 2.38 bits per heavy atom. The molecule has 0 bridgehead atoms. The molecule has 120 valence electrons. The number of carbonyl (C=O) groups is 1. The molecule has 0 saturated carbocycles. The Hall–Kier alpha value is -1.13. The summed E-state index contributed by atoms with van der Waals surface area (Å²) in [6.07, 6.45) is -0.474. The van der Waals surface area contributed by atoms with Gasteiger partial charge in [-0.3, -0.25) is 0 Å². The zero-order chi connectivity index (χ0) is 16.5. The molecule has 6 heteroatoms. The van der Waals surface area contributed by atoms with E-state index in [1.165, 1.54) is 0 Å². The maximum Gasteiger partial charge on any atom is 0.407 e. The summed E-state index contributed by atoms with van der Waals surface area (Å²) in [5.41, 5.74) is -0.509. The first-order valence-corrected chi connectivity index (χ1v) is 7.58. The topological polar surface area (TPSA) is 47.6 Å². The zero-order valence-electron chi connectivity index (χ0n) is 13.1. The van der Waals surface area contributed by atoms with Gasteiger partial charge in [-0.2, -0.15) is 0 Å². The second kappa shape index (κ2) is 9.74. The van der Waals surface area contributed by atoms with E-state index in [2.05, 4.69) is 5.32 Å². The SMILES string of the molecule is CC.CC(C)(C)OC(=O)NCCOc1ccc(Cl)cc1Cl. The molecule has 0 unspecified atom stereocenters. The van der Waals surface area contributed by atoms with Crippen molar-refractivity contribution in [1.82, 2.24) is 5.32 Å². The summed E-state index contributed by atoms with van der Waals surface area (Å²) in [5, 5.41) is 3.57. The standard InChI is InChI=1S/C13H17Cl2NO3.C2H6/c1-13(2,3)19-12(17)16-6-7-18-11-5-4-9(14)8-10(11)15;1-2/h4-5,8H,6-7H2,1-3H3,(H,16,17);1-2H3. The van der Waals surface area contributed by atoms with Crippen molar-refractivity contribution >= 4 is 29.3 Å². The van der Waals surface area contributed by atoms with Crippen molar-refractivity contribution < 1.29 is 14.3 Å². The summed E-state index contributed by atoms with van der Waals surface area (Å²) >= 11 is 11.7. The average Bonchev–Trinajstić information content (AvgIpc) is 2.37. The molecule has 1 rings (SSSR count). The van der Waals surface area contributed by atoms with Crippen molar-refractivity contribution in [2.24, 2.45) is 0 Å². The summed E-state index contributed by atoms with van der Waals surface area (Å²) in [5.74, 6) is 0.525. The molecule has 4 nitrogen and oxygen atoms in total. The molecule has 1 aromatic carbocycles. The van der Waals surface area contributed by atoms with Crippen molar-refractivity contribution in [2.75, 3.05) is 13.2 Å². The second-order valence-electron chi connectivity index (χ2n) is 4.85. The number of carbonyl (C=O) groups excluding carboxylic acids is 1. The summed E-state index contributed by atoms with van der Waals surface area (Å²) in [4.78, 5) is 11.3. The molecule has 1 amide bonds. The minimum absolute atomic E-state index is 0.292. The number of ether oxygens (including phenoxy) is 2. The van der Waals surface area contributed by atoms with Gasteiger partial charge in [0, 0.05) is 5.02 Å². The van der Waals surface area contributed by atoms with Gasteiger partial charge in [0.1, 0.15) is 18.0 Å². The molecule has 0 heterocycles. The van der Waals surface area contributed by atoms with Gasteiger partial charge in [-0.05, 0) is 39.0 Å². The molecule has 0 aliphatic rings. The third-order valence-corrected chi connectivity index (χ3v) is 2.45. The Morgan fingerprint density at radius 2 is 1.86 bits per heavy atom. The summed E-state index contributed by atoms with van der Waals surface area (Å²) in [6.45, 7) is 10.0. The first-order valence-electron chi connectivity index (χ1n) is 6.82. The largest absolute Gasteiger partial charge is 0.490 e. The van der Waals surface area contributed by atoms with Crippen LogP contribution < -0.4 is 10.1 Å². The third-order valence-electron chi connectivity index (χ3n) is 1.92. The molecule has 0 aliphatic carbocycles. The van der Waals surface area contributed by atoms with E-state index in [1.54, 1.807) is 39.0 Å². The number of hydrogen-bond acceptors (Lipinski definition) is 3. The lowest BCUT2D eigenvalue weighted by atomic mass is 10.2. The lowest BCUT2D eigenvalue weighted by Crippen LogP contribution is -2.34. The van der Waals surface area contributed by atoms with Crippen LogP contribution in [0, 0.1) is 0 Å². The Bertz CT molecular complexity index is 445. The van der Waals surface area contributed by atoms with Crippen molar-refractivity contribution in [2.45, 2.75) is 40.2 Å². The number of halogens is 2. The van der Waals surface area contributed by atoms with Gasteiger partial charge in [0.2, 0.25) is 0 Å². The Labute approximate surface area is 136 Å². The van der Waals surface area contributed by atoms with Crippen LogP contribution in [0.25, 0.3) is 0 Å². The predicted octanol–water partition coefficient (Wildman–Crippen LogP) is 4.92. The second-order valence-corrected chi connectivity index (χ2v) is 5.70. The maximum absolute atomic E-state index is 11.3. The van der Waals surface area contributed by atoms with Crippen LogP contribution in [-0.4, -0.2) is 24.8 Å². The third kappa shape index (κ3) is 9.43. The molecular weight excluding hydrogens is 313 g/mol. The number of amides is 1. The van der Waals surface area contributed by atoms with Gasteiger partial charge in [-0.25, -0.2) is 4.79 Å². The first kappa shape index (κ1) is 19.9. The van der Waals surface area contributed by atoms with E-state index in [9.17, 15) is 4.79 Å². The fourth-order valence-electron chi connectivity index (χ4n) is 1.22. The van der Waals surface area contributed by atoms with Gasteiger partial charge < -0.3 is 14.8 Å². The van der Waals surface area contributed by atoms with Crippen LogP contribution in [0.15, 0.2) is 18.2 Å². The lowest BCUT2D eigenvalue weighted by molar-refractivity contribution is 0.0520. The zero-order valence-corrected chi connectivity index (χ0v) is 14.6. The van der Waals surface area contributed by atoms with Crippen LogP contribution >= 0.6 is 23.2 Å². The summed E-state index contributed by atoms with van der Waals surface area (Å²) < 4.78 is 10.5. The molecule has 0 saturated heterocycles. The van der Waals surface area contributed by atoms with E-state index in [-0.39, 0.29) is 0 Å². The van der Waals surface area contributed by atoms with E-state index in [0.717, 1.165) is 0 Å². The fraction of sp³-hybridized carbons (Fsp3) is 0.533. The molecule has 0 atom stereocenters. The molecule has 0 aromatic heterocycles. The number of hydrogen-bond donors (Lipinski definition) is 1. The number of nitrogens with one attached hydrogen (secondary N) is 1. The van der Waals surface area contributed by atoms with Crippen molar-refractivity contribution in [1.29, 1.82) is 0 Å². The average molecular weight is 336 g/mol. The van der Waals surface area contributed by atoms with E-state index < -0.39 is 11.7 Å². The van der Waals surface area contributed by atoms with E-state index in [0.29, 0.717) is 28.9 Å². The predicted molar refractivity (Wildman–Crippen MR) is 87.5 cm³/mol. The van der Waals surface area contributed by atoms with Gasteiger partial charge in [0.05, 0.1) is 11.6 Å². The molecule has 0 radical (unpaired) electrons. The highest BCUT2D eigenvalue weighted by Gasteiger charge is 2.15. The number of alkyl carbamates (subject to hydrolysis) is 1. The highest BCUT2D eigenvalue weighted by molar-refractivity contribution is 6.35. The van der Waals surface area contributed by atoms with Crippen molar-refractivity contribution in [3.05, 3.63) is 28.2 Å². The highest BCUT2D eigenvalue weighted by Crippen LogP contribution is 2.27. The molecule has 0 fully saturated rings. The molecule has 1 N–H and O–H groups in total. The van der Waals surface area contributed by atoms with Gasteiger partial charge in [-0.15, -0.1) is 0 Å². The lowest BCUT2D eigenvalue weighted by Gasteiger charge is -2.19. The van der Waals surface area contributed by atoms with E-state index in [4.69, 9.17) is 32.7 Å². The number of rotatable bonds is 4. The molecule has 1 aromatic rings. The first-order chi connectivity index (χ1) is 9.78. The minimum atomic E-state index is -0.509. The van der Waals surface area contributed by atoms with Crippen molar-refractivity contribution in [3.8, 4) is 5.75 Å². The smallest absolute Gasteiger partial charge is 0.407 e. The molecular formula is C15H23Cl2NO3. The quantitative estimate of drug-likeness (QED) is 0.794. The van der Waals surface area contributed by atoms with Gasteiger partial charge in [0.25, 0.3) is 0 Å². The Kier molecular flexibility index (Phi) is 9.22. The monoisotopic (exact) mass is 335 g/mol. The maximum atomic E-state index is 11.3. The van der Waals surface area contributed by atoms with E-state index in [1.807, 2.05) is 13.8 Å². The van der Waals surface area contributed by atoms with Crippen LogP contribution in [0.4, 0.5) is 4.79 Å². The summed E-state index contributed by atoms with van der Waals surface area (Å²) in [7, 11) is 0. The van der Waals surface area contributed by atoms with Crippen LogP contribution in [0.5, 0.6) is 5.75 Å². The van der Waals surface area contributed by atoms with Gasteiger partial charge >= 0.3 is 6.09 Å². The van der Waals surface area contributed by atoms with Crippen LogP contribution in [0.1, 0.15) is 34.6 Å². The van der Waals surface area contributed by atoms with Crippen LogP contribution in [0.3, 0.4) is 0 Å². The normalized spacial score (nSPS) is 10.2. The molecule has 0 spiro atoms. The number of benzene rings is 1. The van der Waals surface area contributed by atoms with Crippen LogP contribution in [0.2, 0.25) is 10.0 Å². The molecule has 0 aliphatic heterocycles. The van der Waals surface area contributed by atoms with Crippen molar-refractivity contribution in [3.63, 3.8) is 0 Å². The van der Waals surface area contributed by atoms with Crippen LogP contribution in [-0.2, 0) is 4.74 Å². The Morgan fingerprint density at radius 1 is 1.24 bits per heavy atom. The fourth-order valence-corrected chi connectivity index (χ4v) is 1.68. The van der Waals surface area contributed by atoms with Gasteiger partial charge in [0.15, 0.2) is 0 Å². The molecule has 21 heavy (non-hydrogen) atoms.